The van der Waals surface area contributed by atoms with Crippen LogP contribution in [0, 0.1) is 13.8 Å². The molecule has 4 aromatic carbocycles. The number of anilines is 6. The molecular weight excluding hydrogens is 997 g/mol. The van der Waals surface area contributed by atoms with E-state index in [0.29, 0.717) is 44.4 Å². The largest absolute Gasteiger partial charge is 0.491 e. The van der Waals surface area contributed by atoms with Crippen LogP contribution in [0.2, 0.25) is 0 Å². The van der Waals surface area contributed by atoms with E-state index in [0.717, 1.165) is 29.1 Å². The van der Waals surface area contributed by atoms with Crippen molar-refractivity contribution in [2.45, 2.75) is 58.6 Å². The minimum absolute atomic E-state index is 0.00331. The van der Waals surface area contributed by atoms with Gasteiger partial charge in [0.2, 0.25) is 11.8 Å². The van der Waals surface area contributed by atoms with E-state index in [1.54, 1.807) is 36.5 Å². The molecule has 11 N–H and O–H groups in total. The number of carbonyl (C=O) groups excluding carboxylic acids is 5. The minimum atomic E-state index is -5.62. The van der Waals surface area contributed by atoms with Crippen LogP contribution in [-0.2, 0) is 41.1 Å². The number of nitrogens with two attached hydrogens (primary N) is 3. The van der Waals surface area contributed by atoms with Crippen LogP contribution in [0.5, 0.6) is 0 Å². The number of alkyl halides is 15. The fraction of sp³-hybridized carbons (Fsp3) is 0.214. The summed E-state index contributed by atoms with van der Waals surface area (Å²) in [5.41, 5.74) is 19.8. The fourth-order valence-corrected chi connectivity index (χ4v) is 4.95. The molecule has 0 atom stereocenters. The second-order valence-corrected chi connectivity index (χ2v) is 14.1. The van der Waals surface area contributed by atoms with Crippen molar-refractivity contribution in [3.63, 3.8) is 0 Å². The number of aromatic nitrogens is 2. The highest BCUT2D eigenvalue weighted by atomic mass is 19.4. The third kappa shape index (κ3) is 19.8. The van der Waals surface area contributed by atoms with Crippen molar-refractivity contribution in [3.05, 3.63) is 107 Å². The van der Waals surface area contributed by atoms with E-state index in [4.69, 9.17) is 17.2 Å². The van der Waals surface area contributed by atoms with Gasteiger partial charge >= 0.3 is 48.7 Å². The molecule has 0 saturated heterocycles. The number of hydrogen-bond acceptors (Lipinski definition) is 9. The molecule has 71 heavy (non-hydrogen) atoms. The molecule has 0 radical (unpaired) electrons. The van der Waals surface area contributed by atoms with Crippen molar-refractivity contribution in [2.75, 3.05) is 33.2 Å². The van der Waals surface area contributed by atoms with Gasteiger partial charge in [-0.25, -0.2) is 9.59 Å². The summed E-state index contributed by atoms with van der Waals surface area (Å²) in [7, 11) is 0. The average Bonchev–Trinajstić information content (AvgIpc) is 3.85. The molecule has 0 aliphatic carbocycles. The molecule has 0 saturated carbocycles. The van der Waals surface area contributed by atoms with Crippen molar-refractivity contribution in [3.8, 4) is 0 Å². The van der Waals surface area contributed by atoms with Crippen LogP contribution in [-0.4, -0.2) is 58.2 Å². The zero-order chi connectivity index (χ0) is 54.6. The summed E-state index contributed by atoms with van der Waals surface area (Å²) in [4.78, 5) is 56.3. The molecule has 386 valence electrons. The molecule has 6 aromatic rings. The molecule has 0 unspecified atom stereocenters. The van der Waals surface area contributed by atoms with Gasteiger partial charge < -0.3 is 47.9 Å². The average molecular weight is 1030 g/mol. The molecular formula is C42H37F15N8O6. The van der Waals surface area contributed by atoms with Gasteiger partial charge in [-0.3, -0.25) is 14.4 Å². The van der Waals surface area contributed by atoms with E-state index in [1.165, 1.54) is 50.2 Å². The van der Waals surface area contributed by atoms with Crippen molar-refractivity contribution in [2.24, 2.45) is 0 Å². The Kier molecular flexibility index (Phi) is 19.5. The monoisotopic (exact) mass is 1030 g/mol. The Hall–Kier alpha value is -8.14. The van der Waals surface area contributed by atoms with Gasteiger partial charge in [0.1, 0.15) is 11.4 Å². The van der Waals surface area contributed by atoms with E-state index in [-0.39, 0.29) is 17.5 Å². The first-order chi connectivity index (χ1) is 32.3. The van der Waals surface area contributed by atoms with Crippen molar-refractivity contribution in [1.82, 2.24) is 9.97 Å². The SMILES string of the molecule is CC(=O)Nc1ccc(C)c(NC(=O)C(F)(F)F)c1.CC(=O)Nc1ccc2cc(C(F)(F)F)[nH]c2c1.Cc1ccc(N)cc1N.Nc1ccc2cc(C(F)(F)F)[nH]c2c1.O=C(OC(=O)C(F)(F)F)C(F)(F)F. The maximum absolute atomic E-state index is 12.4. The molecule has 0 bridgehead atoms. The molecule has 0 spiro atoms. The van der Waals surface area contributed by atoms with Crippen LogP contribution in [0.1, 0.15) is 36.4 Å². The first-order valence-electron chi connectivity index (χ1n) is 19.0. The predicted molar refractivity (Wildman–Crippen MR) is 229 cm³/mol. The van der Waals surface area contributed by atoms with E-state index in [9.17, 15) is 89.8 Å². The van der Waals surface area contributed by atoms with Gasteiger partial charge in [0.05, 0.1) is 0 Å². The Bertz CT molecular complexity index is 2820. The van der Waals surface area contributed by atoms with Crippen molar-refractivity contribution >= 4 is 85.6 Å². The number of hydrogen-bond donors (Lipinski definition) is 8. The van der Waals surface area contributed by atoms with Crippen LogP contribution in [0.4, 0.5) is 100.0 Å². The number of ether oxygens (including phenoxy) is 1. The summed E-state index contributed by atoms with van der Waals surface area (Å²) < 4.78 is 180. The standard InChI is InChI=1S/C11H11F3N2O2.C11H9F3N2O.C9H7F3N2.C7H10N2.C4F6O3/c1-6-3-4-8(15-7(2)17)5-9(6)16-10(18)11(12,13)14;1-6(17)15-8-3-2-7-4-10(11(12,13)14)16-9(7)5-8;10-9(11,12)8-3-5-1-2-6(13)4-7(5)14-8;1-5-2-3-6(8)4-7(5)9;5-3(6,7)1(11)13-2(12)4(8,9)10/h3-5H,1-2H3,(H,15,17)(H,16,18);2-5,16H,1H3,(H,15,17);1-4,14H,13H2;2-4H,8-9H2,1H3;. The molecule has 0 aliphatic rings. The van der Waals surface area contributed by atoms with Gasteiger partial charge in [-0.05, 0) is 85.6 Å². The number of nitrogen functional groups attached to an aromatic ring is 3. The lowest BCUT2D eigenvalue weighted by atomic mass is 10.1. The molecule has 14 nitrogen and oxygen atoms in total. The van der Waals surface area contributed by atoms with E-state index < -0.39 is 60.1 Å². The first-order valence-corrected chi connectivity index (χ1v) is 19.0. The summed E-state index contributed by atoms with van der Waals surface area (Å²) in [5.74, 6) is -9.07. The number of aryl methyl sites for hydroxylation is 2. The summed E-state index contributed by atoms with van der Waals surface area (Å²) >= 11 is 0. The second-order valence-electron chi connectivity index (χ2n) is 14.1. The number of benzene rings is 4. The van der Waals surface area contributed by atoms with Gasteiger partial charge in [-0.15, -0.1) is 0 Å². The quantitative estimate of drug-likeness (QED) is 0.0363. The third-order valence-corrected chi connectivity index (χ3v) is 8.22. The highest BCUT2D eigenvalue weighted by molar-refractivity contribution is 5.97. The van der Waals surface area contributed by atoms with Crippen LogP contribution < -0.4 is 33.2 Å². The Labute approximate surface area is 389 Å². The molecule has 2 heterocycles. The zero-order valence-electron chi connectivity index (χ0n) is 36.4. The van der Waals surface area contributed by atoms with E-state index in [1.807, 2.05) is 19.1 Å². The van der Waals surface area contributed by atoms with Crippen molar-refractivity contribution < 1.29 is 94.6 Å². The lowest BCUT2D eigenvalue weighted by molar-refractivity contribution is -0.221. The highest BCUT2D eigenvalue weighted by Crippen LogP contribution is 2.33. The fourth-order valence-electron chi connectivity index (χ4n) is 4.95. The van der Waals surface area contributed by atoms with E-state index >= 15 is 0 Å². The van der Waals surface area contributed by atoms with Gasteiger partial charge in [0.25, 0.3) is 0 Å². The van der Waals surface area contributed by atoms with Gasteiger partial charge in [-0.1, -0.05) is 24.3 Å². The Morgan fingerprint density at radius 1 is 0.479 bits per heavy atom. The van der Waals surface area contributed by atoms with E-state index in [2.05, 4.69) is 25.3 Å². The second kappa shape index (κ2) is 23.4. The summed E-state index contributed by atoms with van der Waals surface area (Å²) in [5, 5.41) is 7.62. The number of esters is 2. The van der Waals surface area contributed by atoms with Crippen LogP contribution in [0.15, 0.2) is 84.9 Å². The molecule has 6 rings (SSSR count). The number of fused-ring (bicyclic) bond motifs is 2. The Morgan fingerprint density at radius 2 is 0.873 bits per heavy atom. The van der Waals surface area contributed by atoms with Gasteiger partial charge in [0.15, 0.2) is 0 Å². The first kappa shape index (κ1) is 59.0. The summed E-state index contributed by atoms with van der Waals surface area (Å²) in [6, 6.07) is 21.0. The Morgan fingerprint density at radius 3 is 1.28 bits per heavy atom. The predicted octanol–water partition coefficient (Wildman–Crippen LogP) is 10.7. The normalized spacial score (nSPS) is 11.5. The minimum Gasteiger partial charge on any atom is -0.399 e. The third-order valence-electron chi connectivity index (χ3n) is 8.22. The molecule has 29 heteroatoms. The number of H-pyrrole nitrogens is 2. The smallest absolute Gasteiger partial charge is 0.399 e. The molecule has 0 fully saturated rings. The summed E-state index contributed by atoms with van der Waals surface area (Å²) in [6.45, 7) is 6.10. The maximum atomic E-state index is 12.4. The van der Waals surface area contributed by atoms with Gasteiger partial charge in [-0.2, -0.15) is 65.9 Å². The Balaban J connectivity index is 0.000000309. The van der Waals surface area contributed by atoms with Crippen molar-refractivity contribution in [1.29, 1.82) is 0 Å². The van der Waals surface area contributed by atoms with Crippen LogP contribution in [0.25, 0.3) is 21.8 Å². The topological polar surface area (TPSA) is 240 Å². The number of halogens is 15. The number of rotatable bonds is 3. The number of nitrogens with one attached hydrogen (secondary N) is 5. The number of carbonyl (C=O) groups is 5. The molecule has 2 aromatic heterocycles. The number of amides is 3. The van der Waals surface area contributed by atoms with Gasteiger partial charge in [0, 0.05) is 69.8 Å². The lowest BCUT2D eigenvalue weighted by Gasteiger charge is -2.12. The number of aromatic amines is 2. The highest BCUT2D eigenvalue weighted by Gasteiger charge is 2.49. The van der Waals surface area contributed by atoms with Crippen LogP contribution in [0.3, 0.4) is 0 Å². The lowest BCUT2D eigenvalue weighted by Crippen LogP contribution is -2.34. The maximum Gasteiger partial charge on any atom is 0.491 e. The molecule has 3 amide bonds. The summed E-state index contributed by atoms with van der Waals surface area (Å²) in [6.07, 6.45) is -24.9. The van der Waals surface area contributed by atoms with Crippen LogP contribution >= 0.6 is 0 Å². The zero-order valence-corrected chi connectivity index (χ0v) is 36.4. The molecule has 0 aliphatic heterocycles.